The Morgan fingerprint density at radius 2 is 1.24 bits per heavy atom. The lowest BCUT2D eigenvalue weighted by Gasteiger charge is -2.04. The number of rotatable bonds is 1. The zero-order valence-electron chi connectivity index (χ0n) is 9.41. The normalized spacial score (nSPS) is 9.71. The van der Waals surface area contributed by atoms with Crippen LogP contribution in [0.2, 0.25) is 0 Å². The maximum Gasteiger partial charge on any atom is 0.180 e. The van der Waals surface area contributed by atoms with Gasteiger partial charge in [-0.1, -0.05) is 89.4 Å². The minimum absolute atomic E-state index is 0.750. The predicted molar refractivity (Wildman–Crippen MR) is 78.0 cm³/mol. The van der Waals surface area contributed by atoms with E-state index in [1.807, 2.05) is 6.07 Å². The van der Waals surface area contributed by atoms with Crippen LogP contribution in [0.1, 0.15) is 5.56 Å². The molecule has 0 unspecified atom stereocenters. The summed E-state index contributed by atoms with van der Waals surface area (Å²) < 4.78 is -0.750. The molecule has 3 heteroatoms. The van der Waals surface area contributed by atoms with Crippen molar-refractivity contribution < 1.29 is 0 Å². The van der Waals surface area contributed by atoms with Crippen LogP contribution in [0.3, 0.4) is 0 Å². The van der Waals surface area contributed by atoms with Crippen LogP contribution in [-0.4, -0.2) is 4.30 Å². The van der Waals surface area contributed by atoms with Gasteiger partial charge in [0, 0.05) is 0 Å². The quantitative estimate of drug-likeness (QED) is 0.595. The minimum Gasteiger partial charge on any atom is -0.0874 e. The van der Waals surface area contributed by atoms with Gasteiger partial charge in [0.15, 0.2) is 4.30 Å². The number of alkyl halides is 3. The Hall–Kier alpha value is -0.690. The van der Waals surface area contributed by atoms with E-state index in [4.69, 9.17) is 34.8 Å². The summed E-state index contributed by atoms with van der Waals surface area (Å²) in [5.74, 6) is 0. The molecule has 0 aromatic heterocycles. The van der Waals surface area contributed by atoms with E-state index >= 15 is 0 Å². The molecule has 17 heavy (non-hydrogen) atoms. The van der Waals surface area contributed by atoms with E-state index in [0.29, 0.717) is 0 Å². The zero-order valence-corrected chi connectivity index (χ0v) is 11.7. The smallest absolute Gasteiger partial charge is 0.0874 e. The molecule has 2 aromatic carbocycles. The summed E-state index contributed by atoms with van der Waals surface area (Å²) in [4.78, 5) is 0. The lowest BCUT2D eigenvalue weighted by molar-refractivity contribution is 1.46. The second-order valence-electron chi connectivity index (χ2n) is 3.43. The van der Waals surface area contributed by atoms with Crippen molar-refractivity contribution >= 4 is 34.8 Å². The van der Waals surface area contributed by atoms with Crippen LogP contribution in [0.25, 0.3) is 11.1 Å². The summed E-state index contributed by atoms with van der Waals surface area (Å²) in [7, 11) is 0. The van der Waals surface area contributed by atoms with Gasteiger partial charge in [-0.3, -0.25) is 0 Å². The molecule has 0 spiro atoms. The fourth-order valence-electron chi connectivity index (χ4n) is 1.51. The van der Waals surface area contributed by atoms with Crippen LogP contribution < -0.4 is 0 Å². The third-order valence-electron chi connectivity index (χ3n) is 2.23. The SMILES string of the molecule is Cc1ccccc1-c1ccccc1.ClC(Cl)Cl. The first-order valence-corrected chi connectivity index (χ1v) is 6.45. The van der Waals surface area contributed by atoms with Gasteiger partial charge in [-0.15, -0.1) is 0 Å². The number of hydrogen-bond donors (Lipinski definition) is 0. The van der Waals surface area contributed by atoms with Gasteiger partial charge < -0.3 is 0 Å². The lowest BCUT2D eigenvalue weighted by Crippen LogP contribution is -1.80. The Labute approximate surface area is 117 Å². The molecule has 0 amide bonds. The Balaban J connectivity index is 0.000000317. The third kappa shape index (κ3) is 5.45. The molecule has 0 aliphatic heterocycles. The largest absolute Gasteiger partial charge is 0.180 e. The second kappa shape index (κ2) is 7.60. The Morgan fingerprint density at radius 3 is 1.76 bits per heavy atom. The highest BCUT2D eigenvalue weighted by molar-refractivity contribution is 6.63. The van der Waals surface area contributed by atoms with Crippen molar-refractivity contribution in [1.29, 1.82) is 0 Å². The average Bonchev–Trinajstić information content (AvgIpc) is 2.30. The summed E-state index contributed by atoms with van der Waals surface area (Å²) in [5, 5.41) is 0. The van der Waals surface area contributed by atoms with Gasteiger partial charge in [0.1, 0.15) is 0 Å². The van der Waals surface area contributed by atoms with E-state index < -0.39 is 4.30 Å². The van der Waals surface area contributed by atoms with Gasteiger partial charge in [-0.25, -0.2) is 0 Å². The molecule has 2 aromatic rings. The summed E-state index contributed by atoms with van der Waals surface area (Å²) in [6.07, 6.45) is 0. The molecule has 0 aliphatic rings. The highest BCUT2D eigenvalue weighted by Gasteiger charge is 1.97. The highest BCUT2D eigenvalue weighted by Crippen LogP contribution is 2.21. The van der Waals surface area contributed by atoms with Crippen molar-refractivity contribution in [2.75, 3.05) is 0 Å². The summed E-state index contributed by atoms with van der Waals surface area (Å²) in [6.45, 7) is 2.14. The van der Waals surface area contributed by atoms with Gasteiger partial charge in [0.2, 0.25) is 0 Å². The van der Waals surface area contributed by atoms with Gasteiger partial charge in [-0.05, 0) is 23.6 Å². The summed E-state index contributed by atoms with van der Waals surface area (Å²) in [5.41, 5.74) is 3.94. The van der Waals surface area contributed by atoms with E-state index in [2.05, 4.69) is 55.5 Å². The molecule has 0 heterocycles. The molecule has 0 aliphatic carbocycles. The fourth-order valence-corrected chi connectivity index (χ4v) is 1.51. The monoisotopic (exact) mass is 286 g/mol. The molecule has 0 saturated carbocycles. The number of benzene rings is 2. The second-order valence-corrected chi connectivity index (χ2v) is 5.41. The van der Waals surface area contributed by atoms with Crippen molar-refractivity contribution in [1.82, 2.24) is 0 Å². The topological polar surface area (TPSA) is 0 Å². The van der Waals surface area contributed by atoms with Crippen LogP contribution in [0.15, 0.2) is 54.6 Å². The Morgan fingerprint density at radius 1 is 0.765 bits per heavy atom. The maximum atomic E-state index is 4.81. The molecule has 0 radical (unpaired) electrons. The molecule has 0 atom stereocenters. The van der Waals surface area contributed by atoms with Crippen molar-refractivity contribution in [3.05, 3.63) is 60.2 Å². The number of hydrogen-bond acceptors (Lipinski definition) is 0. The fraction of sp³-hybridized carbons (Fsp3) is 0.143. The number of aryl methyl sites for hydroxylation is 1. The van der Waals surface area contributed by atoms with Gasteiger partial charge in [0.25, 0.3) is 0 Å². The standard InChI is InChI=1S/C13H12.CHCl3/c1-11-7-5-6-10-13(11)12-8-3-2-4-9-12;2-1(3)4/h2-10H,1H3;1H. The van der Waals surface area contributed by atoms with Crippen molar-refractivity contribution in [2.45, 2.75) is 11.2 Å². The summed E-state index contributed by atoms with van der Waals surface area (Å²) in [6, 6.07) is 18.9. The van der Waals surface area contributed by atoms with E-state index in [1.165, 1.54) is 16.7 Å². The number of halogens is 3. The van der Waals surface area contributed by atoms with Crippen LogP contribution >= 0.6 is 34.8 Å². The molecule has 0 saturated heterocycles. The average molecular weight is 288 g/mol. The van der Waals surface area contributed by atoms with E-state index in [9.17, 15) is 0 Å². The Bertz CT molecular complexity index is 435. The van der Waals surface area contributed by atoms with Crippen LogP contribution in [0.5, 0.6) is 0 Å². The van der Waals surface area contributed by atoms with E-state index in [0.717, 1.165) is 0 Å². The highest BCUT2D eigenvalue weighted by atomic mass is 35.6. The molecule has 0 N–H and O–H groups in total. The first-order valence-electron chi connectivity index (χ1n) is 5.14. The predicted octanol–water partition coefficient (Wildman–Crippen LogP) is 5.65. The van der Waals surface area contributed by atoms with Crippen LogP contribution in [0, 0.1) is 6.92 Å². The van der Waals surface area contributed by atoms with Crippen molar-refractivity contribution in [3.63, 3.8) is 0 Å². The first-order chi connectivity index (χ1) is 8.11. The zero-order chi connectivity index (χ0) is 12.7. The molecule has 0 fully saturated rings. The lowest BCUT2D eigenvalue weighted by atomic mass is 10.0. The van der Waals surface area contributed by atoms with E-state index in [-0.39, 0.29) is 0 Å². The first kappa shape index (κ1) is 14.4. The third-order valence-corrected chi connectivity index (χ3v) is 2.23. The molecule has 0 nitrogen and oxygen atoms in total. The van der Waals surface area contributed by atoms with Gasteiger partial charge in [0.05, 0.1) is 0 Å². The van der Waals surface area contributed by atoms with Crippen LogP contribution in [-0.2, 0) is 0 Å². The van der Waals surface area contributed by atoms with Crippen molar-refractivity contribution in [2.24, 2.45) is 0 Å². The molecule has 0 bridgehead atoms. The minimum atomic E-state index is -0.750. The molecular weight excluding hydrogens is 275 g/mol. The van der Waals surface area contributed by atoms with Crippen LogP contribution in [0.4, 0.5) is 0 Å². The Kier molecular flexibility index (Phi) is 6.43. The molecular formula is C14H13Cl3. The van der Waals surface area contributed by atoms with E-state index in [1.54, 1.807) is 0 Å². The molecule has 2 rings (SSSR count). The summed E-state index contributed by atoms with van der Waals surface area (Å²) >= 11 is 14.4. The van der Waals surface area contributed by atoms with Gasteiger partial charge in [-0.2, -0.15) is 0 Å². The van der Waals surface area contributed by atoms with Crippen molar-refractivity contribution in [3.8, 4) is 11.1 Å². The maximum absolute atomic E-state index is 4.81. The molecule has 90 valence electrons. The van der Waals surface area contributed by atoms with Gasteiger partial charge >= 0.3 is 0 Å².